The Morgan fingerprint density at radius 3 is 1.77 bits per heavy atom. The lowest BCUT2D eigenvalue weighted by molar-refractivity contribution is 1.19. The van der Waals surface area contributed by atoms with Gasteiger partial charge in [-0.3, -0.25) is 23.2 Å². The minimum Gasteiger partial charge on any atom is -0.291 e. The Hall–Kier alpha value is -6.01. The van der Waals surface area contributed by atoms with E-state index in [1.54, 1.807) is 0 Å². The number of benzene rings is 4. The van der Waals surface area contributed by atoms with E-state index in [0.29, 0.717) is 0 Å². The van der Waals surface area contributed by atoms with Crippen molar-refractivity contribution in [2.24, 2.45) is 0 Å². The average molecular weight is 549 g/mol. The molecular weight excluding hydrogens is 528 g/mol. The van der Waals surface area contributed by atoms with Crippen LogP contribution in [0.2, 0.25) is 0 Å². The predicted octanol–water partition coefficient (Wildman–Crippen LogP) is 8.70. The maximum absolute atomic E-state index is 5.56. The van der Waals surface area contributed by atoms with E-state index in [4.69, 9.17) is 9.97 Å². The molecule has 0 radical (unpaired) electrons. The van der Waals surface area contributed by atoms with Crippen molar-refractivity contribution in [3.63, 3.8) is 0 Å². The van der Waals surface area contributed by atoms with Gasteiger partial charge in [-0.15, -0.1) is 0 Å². The zero-order valence-corrected chi connectivity index (χ0v) is 22.7. The van der Waals surface area contributed by atoms with Gasteiger partial charge in [-0.05, 0) is 30.3 Å². The molecule has 0 N–H and O–H groups in total. The first kappa shape index (κ1) is 21.7. The van der Waals surface area contributed by atoms with E-state index in [2.05, 4.69) is 115 Å². The standard InChI is InChI=1S/C37H20N6/c1-3-15-29-21(8-1)23-10-5-12-25-26-13-6-11-24-22-9-2-4-16-30(22)42(34(24)26)37-36(41(29)33(23)25)40-35-28-14-7-18-39-32(28)27-17-19-38-20-31(27)43(35)37/h1-20H. The van der Waals surface area contributed by atoms with Crippen molar-refractivity contribution in [2.75, 3.05) is 0 Å². The van der Waals surface area contributed by atoms with Gasteiger partial charge in [0, 0.05) is 55.5 Å². The van der Waals surface area contributed by atoms with Crippen LogP contribution in [0.25, 0.3) is 93.1 Å². The monoisotopic (exact) mass is 548 g/mol. The molecule has 7 aromatic heterocycles. The molecule has 0 amide bonds. The van der Waals surface area contributed by atoms with Crippen molar-refractivity contribution in [2.45, 2.75) is 0 Å². The van der Waals surface area contributed by atoms with Gasteiger partial charge in [0.25, 0.3) is 0 Å². The second-order valence-corrected chi connectivity index (χ2v) is 11.3. The van der Waals surface area contributed by atoms with Gasteiger partial charge >= 0.3 is 0 Å². The van der Waals surface area contributed by atoms with Crippen LogP contribution in [0.15, 0.2) is 122 Å². The van der Waals surface area contributed by atoms with Crippen LogP contribution in [0.4, 0.5) is 0 Å². The molecule has 0 unspecified atom stereocenters. The summed E-state index contributed by atoms with van der Waals surface area (Å²) in [5, 5.41) is 9.33. The molecule has 0 fully saturated rings. The normalized spacial score (nSPS) is 12.7. The highest BCUT2D eigenvalue weighted by Crippen LogP contribution is 2.41. The number of fused-ring (bicyclic) bond motifs is 17. The summed E-state index contributed by atoms with van der Waals surface area (Å²) in [5.41, 5.74) is 9.27. The van der Waals surface area contributed by atoms with Crippen molar-refractivity contribution in [1.82, 2.24) is 28.2 Å². The molecule has 11 aromatic rings. The van der Waals surface area contributed by atoms with E-state index >= 15 is 0 Å². The Kier molecular flexibility index (Phi) is 3.75. The smallest absolute Gasteiger partial charge is 0.182 e. The molecule has 0 aliphatic carbocycles. The quantitative estimate of drug-likeness (QED) is 0.178. The fourth-order valence-electron chi connectivity index (χ4n) is 7.64. The van der Waals surface area contributed by atoms with Crippen LogP contribution < -0.4 is 0 Å². The van der Waals surface area contributed by atoms with Crippen molar-refractivity contribution < 1.29 is 0 Å². The van der Waals surface area contributed by atoms with Crippen LogP contribution in [0.3, 0.4) is 0 Å². The second-order valence-electron chi connectivity index (χ2n) is 11.3. The lowest BCUT2D eigenvalue weighted by Gasteiger charge is -2.10. The van der Waals surface area contributed by atoms with Crippen LogP contribution >= 0.6 is 0 Å². The van der Waals surface area contributed by atoms with Gasteiger partial charge in [-0.1, -0.05) is 72.8 Å². The molecule has 7 heterocycles. The van der Waals surface area contributed by atoms with Crippen molar-refractivity contribution in [1.29, 1.82) is 0 Å². The summed E-state index contributed by atoms with van der Waals surface area (Å²) in [7, 11) is 0. The van der Waals surface area contributed by atoms with Gasteiger partial charge in [-0.2, -0.15) is 0 Å². The summed E-state index contributed by atoms with van der Waals surface area (Å²) >= 11 is 0. The third-order valence-corrected chi connectivity index (χ3v) is 9.28. The number of rotatable bonds is 0. The van der Waals surface area contributed by atoms with E-state index in [9.17, 15) is 0 Å². The molecule has 0 saturated heterocycles. The number of para-hydroxylation sites is 4. The van der Waals surface area contributed by atoms with E-state index < -0.39 is 0 Å². The molecule has 4 aromatic carbocycles. The topological polar surface area (TPSA) is 51.9 Å². The van der Waals surface area contributed by atoms with Gasteiger partial charge in [0.2, 0.25) is 0 Å². The molecule has 0 saturated carbocycles. The second kappa shape index (κ2) is 7.43. The molecular formula is C37H20N6. The first-order valence-electron chi connectivity index (χ1n) is 14.5. The molecule has 6 heteroatoms. The Balaban J connectivity index is 1.66. The Labute approximate surface area is 242 Å². The van der Waals surface area contributed by atoms with E-state index in [1.165, 1.54) is 43.4 Å². The van der Waals surface area contributed by atoms with E-state index in [0.717, 1.165) is 49.8 Å². The van der Waals surface area contributed by atoms with Gasteiger partial charge in [0.15, 0.2) is 16.9 Å². The Morgan fingerprint density at radius 1 is 0.419 bits per heavy atom. The summed E-state index contributed by atoms with van der Waals surface area (Å²) in [6.07, 6.45) is 5.65. The zero-order valence-electron chi connectivity index (χ0n) is 22.7. The summed E-state index contributed by atoms with van der Waals surface area (Å²) in [6, 6.07) is 37.0. The van der Waals surface area contributed by atoms with Crippen LogP contribution in [-0.4, -0.2) is 28.2 Å². The van der Waals surface area contributed by atoms with Crippen LogP contribution in [0.1, 0.15) is 0 Å². The van der Waals surface area contributed by atoms with Gasteiger partial charge in [0.05, 0.1) is 39.3 Å². The summed E-state index contributed by atoms with van der Waals surface area (Å²) in [5.74, 6) is 0. The summed E-state index contributed by atoms with van der Waals surface area (Å²) in [4.78, 5) is 15.0. The number of nitrogens with zero attached hydrogens (tertiary/aromatic N) is 6. The van der Waals surface area contributed by atoms with Gasteiger partial charge in [0.1, 0.15) is 0 Å². The number of aromatic nitrogens is 6. The highest BCUT2D eigenvalue weighted by atomic mass is 15.2. The molecule has 11 rings (SSSR count). The minimum atomic E-state index is 0.863. The highest BCUT2D eigenvalue weighted by Gasteiger charge is 2.23. The molecule has 0 aliphatic rings. The molecule has 43 heavy (non-hydrogen) atoms. The largest absolute Gasteiger partial charge is 0.291 e. The minimum absolute atomic E-state index is 0.863. The van der Waals surface area contributed by atoms with Crippen LogP contribution in [0.5, 0.6) is 0 Å². The molecule has 0 bridgehead atoms. The number of hydrogen-bond donors (Lipinski definition) is 0. The SMILES string of the molecule is c1ccc2c(c1)c1cccc3c4cccc5c6ccccc6n(c54)c4c(nc5c6cccnc6c6ccncc6n54)n2c13. The molecule has 6 nitrogen and oxygen atoms in total. The molecule has 0 aliphatic heterocycles. The van der Waals surface area contributed by atoms with Crippen LogP contribution in [0, 0.1) is 0 Å². The first-order valence-corrected chi connectivity index (χ1v) is 14.5. The van der Waals surface area contributed by atoms with Crippen molar-refractivity contribution in [3.8, 4) is 0 Å². The van der Waals surface area contributed by atoms with Gasteiger partial charge in [-0.25, -0.2) is 4.98 Å². The Bertz CT molecular complexity index is 3010. The van der Waals surface area contributed by atoms with Gasteiger partial charge < -0.3 is 0 Å². The van der Waals surface area contributed by atoms with E-state index in [1.807, 2.05) is 24.7 Å². The summed E-state index contributed by atoms with van der Waals surface area (Å²) < 4.78 is 7.11. The number of hydrogen-bond acceptors (Lipinski definition) is 3. The third-order valence-electron chi connectivity index (χ3n) is 9.28. The highest BCUT2D eigenvalue weighted by molar-refractivity contribution is 6.25. The first-order chi connectivity index (χ1) is 21.4. The Morgan fingerprint density at radius 2 is 1.02 bits per heavy atom. The van der Waals surface area contributed by atoms with E-state index in [-0.39, 0.29) is 0 Å². The van der Waals surface area contributed by atoms with Crippen LogP contribution in [-0.2, 0) is 0 Å². The lowest BCUT2D eigenvalue weighted by atomic mass is 10.0. The zero-order chi connectivity index (χ0) is 27.8. The molecule has 0 spiro atoms. The third kappa shape index (κ3) is 2.46. The number of imidazole rings is 1. The summed E-state index contributed by atoms with van der Waals surface area (Å²) in [6.45, 7) is 0. The fourth-order valence-corrected chi connectivity index (χ4v) is 7.64. The maximum Gasteiger partial charge on any atom is 0.182 e. The average Bonchev–Trinajstić information content (AvgIpc) is 3.72. The maximum atomic E-state index is 5.56. The molecule has 0 atom stereocenters. The fraction of sp³-hybridized carbons (Fsp3) is 0. The predicted molar refractivity (Wildman–Crippen MR) is 175 cm³/mol. The van der Waals surface area contributed by atoms with Crippen molar-refractivity contribution in [3.05, 3.63) is 122 Å². The number of pyridine rings is 3. The van der Waals surface area contributed by atoms with Crippen molar-refractivity contribution >= 4 is 93.1 Å². The molecule has 198 valence electrons. The lowest BCUT2D eigenvalue weighted by Crippen LogP contribution is -1.98.